The molecule has 0 bridgehead atoms. The number of aryl methyl sites for hydroxylation is 1. The zero-order valence-corrected chi connectivity index (χ0v) is 15.0. The van der Waals surface area contributed by atoms with Gasteiger partial charge in [-0.05, 0) is 49.1 Å². The molecule has 0 amide bonds. The van der Waals surface area contributed by atoms with Crippen molar-refractivity contribution >= 4 is 22.9 Å². The highest BCUT2D eigenvalue weighted by Gasteiger charge is 2.27. The average Bonchev–Trinajstić information content (AvgIpc) is 3.21. The van der Waals surface area contributed by atoms with Crippen molar-refractivity contribution in [1.82, 2.24) is 19.4 Å². The summed E-state index contributed by atoms with van der Waals surface area (Å²) in [6.45, 7) is 3.22. The van der Waals surface area contributed by atoms with Crippen LogP contribution in [0.2, 0.25) is 0 Å². The fourth-order valence-electron chi connectivity index (χ4n) is 3.58. The largest absolute Gasteiger partial charge is 0.316 e. The minimum atomic E-state index is 0.495. The molecular formula is C19H22N4S. The molecular weight excluding hydrogens is 316 g/mol. The Labute approximate surface area is 146 Å². The lowest BCUT2D eigenvalue weighted by atomic mass is 10.1. The zero-order chi connectivity index (χ0) is 16.5. The van der Waals surface area contributed by atoms with Crippen LogP contribution in [-0.4, -0.2) is 38.8 Å². The van der Waals surface area contributed by atoms with Crippen molar-refractivity contribution in [2.24, 2.45) is 7.05 Å². The van der Waals surface area contributed by atoms with Crippen LogP contribution in [0, 0.1) is 0 Å². The van der Waals surface area contributed by atoms with Gasteiger partial charge in [0.05, 0.1) is 0 Å². The summed E-state index contributed by atoms with van der Waals surface area (Å²) in [7, 11) is 2.08. The lowest BCUT2D eigenvalue weighted by molar-refractivity contribution is 0.325. The van der Waals surface area contributed by atoms with Crippen LogP contribution in [0.25, 0.3) is 11.2 Å². The molecule has 3 aromatic rings. The van der Waals surface area contributed by atoms with Gasteiger partial charge in [0.15, 0.2) is 5.65 Å². The van der Waals surface area contributed by atoms with Gasteiger partial charge < -0.3 is 4.57 Å². The third kappa shape index (κ3) is 2.94. The van der Waals surface area contributed by atoms with E-state index in [2.05, 4.69) is 52.0 Å². The fraction of sp³-hybridized carbons (Fsp3) is 0.368. The molecule has 5 heteroatoms. The Balaban J connectivity index is 1.48. The summed E-state index contributed by atoms with van der Waals surface area (Å²) >= 11 is 1.79. The molecule has 3 heterocycles. The first-order chi connectivity index (χ1) is 11.7. The average molecular weight is 338 g/mol. The summed E-state index contributed by atoms with van der Waals surface area (Å²) < 4.78 is 2.16. The molecule has 1 saturated heterocycles. The first kappa shape index (κ1) is 15.7. The number of hydrogen-bond donors (Lipinski definition) is 0. The number of imidazole rings is 1. The Bertz CT molecular complexity index is 840. The Morgan fingerprint density at radius 1 is 1.21 bits per heavy atom. The standard InChI is InChI=1S/C19H22N4S/c1-22-18(21-17-4-3-10-20-19(17)22)15-9-11-23(13-15)12-14-5-7-16(24-2)8-6-14/h3-8,10,15H,9,11-13H2,1-2H3. The number of nitrogens with zero attached hydrogens (tertiary/aromatic N) is 4. The second-order valence-corrected chi connectivity index (χ2v) is 7.32. The van der Waals surface area contributed by atoms with Gasteiger partial charge in [-0.25, -0.2) is 9.97 Å². The van der Waals surface area contributed by atoms with Gasteiger partial charge in [0, 0.05) is 37.1 Å². The van der Waals surface area contributed by atoms with Crippen LogP contribution in [0.4, 0.5) is 0 Å². The number of thioether (sulfide) groups is 1. The summed E-state index contributed by atoms with van der Waals surface area (Å²) in [5, 5.41) is 0. The van der Waals surface area contributed by atoms with Gasteiger partial charge in [-0.1, -0.05) is 12.1 Å². The van der Waals surface area contributed by atoms with Gasteiger partial charge in [0.25, 0.3) is 0 Å². The molecule has 0 radical (unpaired) electrons. The Morgan fingerprint density at radius 2 is 2.04 bits per heavy atom. The third-order valence-corrected chi connectivity index (χ3v) is 5.61. The van der Waals surface area contributed by atoms with Crippen molar-refractivity contribution in [3.63, 3.8) is 0 Å². The van der Waals surface area contributed by atoms with E-state index in [0.29, 0.717) is 5.92 Å². The van der Waals surface area contributed by atoms with E-state index in [0.717, 1.165) is 30.8 Å². The summed E-state index contributed by atoms with van der Waals surface area (Å²) in [6.07, 6.45) is 5.12. The molecule has 124 valence electrons. The first-order valence-corrected chi connectivity index (χ1v) is 9.59. The van der Waals surface area contributed by atoms with Crippen molar-refractivity contribution < 1.29 is 0 Å². The van der Waals surface area contributed by atoms with Crippen LogP contribution in [0.15, 0.2) is 47.5 Å². The molecule has 0 aliphatic carbocycles. The Morgan fingerprint density at radius 3 is 2.79 bits per heavy atom. The molecule has 4 rings (SSSR count). The topological polar surface area (TPSA) is 34.0 Å². The van der Waals surface area contributed by atoms with Crippen LogP contribution in [0.5, 0.6) is 0 Å². The lowest BCUT2D eigenvalue weighted by Crippen LogP contribution is -2.20. The molecule has 2 aromatic heterocycles. The number of aromatic nitrogens is 3. The van der Waals surface area contributed by atoms with Crippen molar-refractivity contribution in [1.29, 1.82) is 0 Å². The number of hydrogen-bond acceptors (Lipinski definition) is 4. The van der Waals surface area contributed by atoms with Gasteiger partial charge in [-0.3, -0.25) is 4.90 Å². The SMILES string of the molecule is CSc1ccc(CN2CCC(c3nc4cccnc4n3C)C2)cc1. The molecule has 4 nitrogen and oxygen atoms in total. The number of pyridine rings is 1. The lowest BCUT2D eigenvalue weighted by Gasteiger charge is -2.16. The van der Waals surface area contributed by atoms with Crippen LogP contribution in [0.1, 0.15) is 23.7 Å². The fourth-order valence-corrected chi connectivity index (χ4v) is 3.99. The van der Waals surface area contributed by atoms with E-state index in [4.69, 9.17) is 4.98 Å². The molecule has 0 saturated carbocycles. The smallest absolute Gasteiger partial charge is 0.159 e. The van der Waals surface area contributed by atoms with Gasteiger partial charge in [0.1, 0.15) is 11.3 Å². The molecule has 1 aliphatic rings. The van der Waals surface area contributed by atoms with Gasteiger partial charge in [-0.15, -0.1) is 11.8 Å². The van der Waals surface area contributed by atoms with E-state index in [-0.39, 0.29) is 0 Å². The van der Waals surface area contributed by atoms with Crippen molar-refractivity contribution in [2.45, 2.75) is 23.8 Å². The van der Waals surface area contributed by atoms with E-state index in [9.17, 15) is 0 Å². The summed E-state index contributed by atoms with van der Waals surface area (Å²) in [5.41, 5.74) is 3.37. The molecule has 24 heavy (non-hydrogen) atoms. The van der Waals surface area contributed by atoms with Gasteiger partial charge >= 0.3 is 0 Å². The molecule has 1 aliphatic heterocycles. The normalized spacial score (nSPS) is 18.5. The minimum absolute atomic E-state index is 0.495. The zero-order valence-electron chi connectivity index (χ0n) is 14.1. The second kappa shape index (κ2) is 6.57. The highest BCUT2D eigenvalue weighted by molar-refractivity contribution is 7.98. The molecule has 0 spiro atoms. The molecule has 1 unspecified atom stereocenters. The van der Waals surface area contributed by atoms with E-state index in [1.807, 2.05) is 18.3 Å². The van der Waals surface area contributed by atoms with Gasteiger partial charge in [-0.2, -0.15) is 0 Å². The molecule has 1 fully saturated rings. The summed E-state index contributed by atoms with van der Waals surface area (Å²) in [5.74, 6) is 1.67. The maximum absolute atomic E-state index is 4.83. The van der Waals surface area contributed by atoms with Crippen LogP contribution >= 0.6 is 11.8 Å². The van der Waals surface area contributed by atoms with Crippen LogP contribution in [-0.2, 0) is 13.6 Å². The van der Waals surface area contributed by atoms with Crippen molar-refractivity contribution in [2.75, 3.05) is 19.3 Å². The molecule has 0 N–H and O–H groups in total. The number of likely N-dealkylation sites (tertiary alicyclic amines) is 1. The number of benzene rings is 1. The second-order valence-electron chi connectivity index (χ2n) is 6.44. The van der Waals surface area contributed by atoms with E-state index in [1.165, 1.54) is 22.7 Å². The highest BCUT2D eigenvalue weighted by atomic mass is 32.2. The van der Waals surface area contributed by atoms with Crippen molar-refractivity contribution in [3.05, 3.63) is 54.0 Å². The van der Waals surface area contributed by atoms with Gasteiger partial charge in [0.2, 0.25) is 0 Å². The van der Waals surface area contributed by atoms with E-state index < -0.39 is 0 Å². The maximum Gasteiger partial charge on any atom is 0.159 e. The minimum Gasteiger partial charge on any atom is -0.316 e. The highest BCUT2D eigenvalue weighted by Crippen LogP contribution is 2.29. The molecule has 1 aromatic carbocycles. The van der Waals surface area contributed by atoms with E-state index >= 15 is 0 Å². The Kier molecular flexibility index (Phi) is 4.29. The Hall–Kier alpha value is -1.85. The number of fused-ring (bicyclic) bond motifs is 1. The predicted molar refractivity (Wildman–Crippen MR) is 99.4 cm³/mol. The summed E-state index contributed by atoms with van der Waals surface area (Å²) in [4.78, 5) is 13.1. The van der Waals surface area contributed by atoms with Crippen LogP contribution < -0.4 is 0 Å². The quantitative estimate of drug-likeness (QED) is 0.680. The summed E-state index contributed by atoms with van der Waals surface area (Å²) in [6, 6.07) is 12.9. The van der Waals surface area contributed by atoms with E-state index in [1.54, 1.807) is 11.8 Å². The third-order valence-electron chi connectivity index (χ3n) is 4.87. The maximum atomic E-state index is 4.83. The van der Waals surface area contributed by atoms with Crippen molar-refractivity contribution in [3.8, 4) is 0 Å². The first-order valence-electron chi connectivity index (χ1n) is 8.37. The predicted octanol–water partition coefficient (Wildman–Crippen LogP) is 3.68. The number of rotatable bonds is 4. The van der Waals surface area contributed by atoms with Crippen LogP contribution in [0.3, 0.4) is 0 Å². The molecule has 1 atom stereocenters. The monoisotopic (exact) mass is 338 g/mol.